The van der Waals surface area contributed by atoms with Crippen LogP contribution in [0, 0.1) is 11.6 Å². The largest absolute Gasteiger partial charge is 0.493 e. The van der Waals surface area contributed by atoms with Gasteiger partial charge in [-0.3, -0.25) is 19.6 Å². The number of benzene rings is 8. The third-order valence-corrected chi connectivity index (χ3v) is 19.4. The van der Waals surface area contributed by atoms with Gasteiger partial charge in [-0.1, -0.05) is 165 Å². The molecule has 2 aromatic heterocycles. The minimum Gasteiger partial charge on any atom is -0.493 e. The van der Waals surface area contributed by atoms with Crippen LogP contribution in [0.1, 0.15) is 77.4 Å². The summed E-state index contributed by atoms with van der Waals surface area (Å²) in [5, 5.41) is 1.23. The smallest absolute Gasteiger partial charge is 0.385 e. The van der Waals surface area contributed by atoms with Gasteiger partial charge in [0.25, 0.3) is 11.8 Å². The van der Waals surface area contributed by atoms with Gasteiger partial charge in [0.1, 0.15) is 40.6 Å². The predicted molar refractivity (Wildman–Crippen MR) is 346 cm³/mol. The third kappa shape index (κ3) is 13.3. The van der Waals surface area contributed by atoms with Crippen molar-refractivity contribution in [2.24, 2.45) is 0 Å². The molecule has 1 saturated heterocycles. The summed E-state index contributed by atoms with van der Waals surface area (Å²) in [6.45, 7) is 10.1. The summed E-state index contributed by atoms with van der Waals surface area (Å²) < 4.78 is 82.4. The lowest BCUT2D eigenvalue weighted by atomic mass is 9.99. The van der Waals surface area contributed by atoms with Crippen LogP contribution in [-0.4, -0.2) is 97.1 Å². The standard InChI is InChI=1S/C36H33FN4O5S.C36H35FN2O3Si/c1-39-19-21-41(22-20-39)47(43,44)46-34-29-13-8-18-38-32(29)35(45-33(26-9-4-2-5-10-26)27-11-6-3-7-12-27)31-30(34)24-40(36(31)42)23-25-14-16-28(37)17-15-25;1-43(2,3)22-21-41-34-29-15-10-20-38-32(29)35(42-33(26-11-6-4-7-12-26)27-13-8-5-9-14-27)31-30(34)24-39(36(31)40)23-25-16-18-28(37)19-17-25/h2-18,33H,19-24H2,1H3;4-20,33H,21-24H2,1-3H3. The number of nitrogens with zero attached hydrogens (tertiary/aromatic N) is 6. The van der Waals surface area contributed by atoms with E-state index in [0.717, 1.165) is 50.4 Å². The molecule has 458 valence electrons. The topological polar surface area (TPSA) is 144 Å². The number of amides is 2. The van der Waals surface area contributed by atoms with Gasteiger partial charge in [0.15, 0.2) is 17.2 Å². The monoisotopic (exact) mass is 1240 g/mol. The van der Waals surface area contributed by atoms with Crippen LogP contribution < -0.4 is 18.4 Å². The van der Waals surface area contributed by atoms with Crippen molar-refractivity contribution in [2.75, 3.05) is 39.8 Å². The van der Waals surface area contributed by atoms with Crippen LogP contribution in [-0.2, 0) is 36.5 Å². The van der Waals surface area contributed by atoms with Gasteiger partial charge < -0.3 is 33.1 Å². The van der Waals surface area contributed by atoms with Crippen molar-refractivity contribution in [1.82, 2.24) is 29.0 Å². The van der Waals surface area contributed by atoms with Gasteiger partial charge in [0, 0.05) is 81.6 Å². The Morgan fingerprint density at radius 1 is 0.500 bits per heavy atom. The van der Waals surface area contributed by atoms with Gasteiger partial charge in [-0.15, -0.1) is 0 Å². The second-order valence-corrected chi connectivity index (χ2v) is 31.1. The van der Waals surface area contributed by atoms with Gasteiger partial charge in [0.2, 0.25) is 0 Å². The zero-order valence-electron chi connectivity index (χ0n) is 50.5. The summed E-state index contributed by atoms with van der Waals surface area (Å²) in [7, 11) is -3.65. The van der Waals surface area contributed by atoms with Crippen LogP contribution in [0.25, 0.3) is 21.8 Å². The number of hydrogen-bond acceptors (Lipinski definition) is 11. The molecule has 0 aliphatic carbocycles. The molecule has 3 aliphatic heterocycles. The van der Waals surface area contributed by atoms with E-state index < -0.39 is 30.6 Å². The fourth-order valence-corrected chi connectivity index (χ4v) is 13.4. The van der Waals surface area contributed by atoms with E-state index in [0.29, 0.717) is 71.8 Å². The maximum atomic E-state index is 14.4. The number of carbonyl (C=O) groups excluding carboxylic acids is 2. The molecule has 13 rings (SSSR count). The summed E-state index contributed by atoms with van der Waals surface area (Å²) in [6.07, 6.45) is 2.24. The number of pyridine rings is 2. The first-order chi connectivity index (χ1) is 43.6. The Morgan fingerprint density at radius 3 is 1.29 bits per heavy atom. The maximum absolute atomic E-state index is 14.4. The maximum Gasteiger partial charge on any atom is 0.385 e. The molecule has 8 aromatic carbocycles. The fraction of sp³-hybridized carbons (Fsp3) is 0.222. The van der Waals surface area contributed by atoms with Crippen LogP contribution in [0.4, 0.5) is 8.78 Å². The van der Waals surface area contributed by atoms with Gasteiger partial charge in [-0.2, -0.15) is 12.7 Å². The van der Waals surface area contributed by atoms with Crippen molar-refractivity contribution in [3.8, 4) is 23.0 Å². The molecule has 10 aromatic rings. The first-order valence-electron chi connectivity index (χ1n) is 30.1. The minimum atomic E-state index is -4.23. The molecule has 0 saturated carbocycles. The highest BCUT2D eigenvalue weighted by Gasteiger charge is 2.41. The zero-order valence-corrected chi connectivity index (χ0v) is 52.3. The van der Waals surface area contributed by atoms with Gasteiger partial charge >= 0.3 is 10.3 Å². The summed E-state index contributed by atoms with van der Waals surface area (Å²) in [4.78, 5) is 43.4. The Morgan fingerprint density at radius 2 is 0.889 bits per heavy atom. The number of rotatable bonds is 19. The van der Waals surface area contributed by atoms with Crippen LogP contribution in [0.5, 0.6) is 23.0 Å². The molecule has 14 nitrogen and oxygen atoms in total. The molecular formula is C72H68F2N6O8SSi. The Kier molecular flexibility index (Phi) is 17.9. The third-order valence-electron chi connectivity index (χ3n) is 16.4. The van der Waals surface area contributed by atoms with E-state index in [4.69, 9.17) is 23.4 Å². The van der Waals surface area contributed by atoms with E-state index in [1.165, 1.54) is 28.6 Å². The lowest BCUT2D eigenvalue weighted by Gasteiger charge is -2.31. The molecule has 0 bridgehead atoms. The molecule has 90 heavy (non-hydrogen) atoms. The number of aromatic nitrogens is 2. The molecular weight excluding hydrogens is 1170 g/mol. The van der Waals surface area contributed by atoms with E-state index in [2.05, 4.69) is 29.5 Å². The predicted octanol–water partition coefficient (Wildman–Crippen LogP) is 14.0. The normalized spacial score (nSPS) is 14.4. The number of likely N-dealkylation sites (N-methyl/N-ethyl adjacent to an activating group) is 1. The molecule has 0 spiro atoms. The van der Waals surface area contributed by atoms with Crippen LogP contribution in [0.3, 0.4) is 0 Å². The summed E-state index contributed by atoms with van der Waals surface area (Å²) in [5.41, 5.74) is 8.01. The first-order valence-corrected chi connectivity index (χ1v) is 35.1. The van der Waals surface area contributed by atoms with E-state index >= 15 is 0 Å². The second kappa shape index (κ2) is 26.4. The molecule has 0 unspecified atom stereocenters. The molecule has 5 heterocycles. The lowest BCUT2D eigenvalue weighted by molar-refractivity contribution is 0.0754. The Hall–Kier alpha value is -9.33. The van der Waals surface area contributed by atoms with Gasteiger partial charge in [-0.25, -0.2) is 8.78 Å². The quantitative estimate of drug-likeness (QED) is 0.0714. The number of fused-ring (bicyclic) bond motifs is 4. The summed E-state index contributed by atoms with van der Waals surface area (Å²) in [6, 6.07) is 59.9. The number of piperazine rings is 1. The van der Waals surface area contributed by atoms with E-state index in [-0.39, 0.29) is 66.7 Å². The molecule has 2 amide bonds. The average Bonchev–Trinajstić information content (AvgIpc) is 1.57. The summed E-state index contributed by atoms with van der Waals surface area (Å²) in [5.74, 6) is 0.228. The van der Waals surface area contributed by atoms with Crippen molar-refractivity contribution in [3.05, 3.63) is 274 Å². The molecule has 0 N–H and O–H groups in total. The Bertz CT molecular complexity index is 4240. The van der Waals surface area contributed by atoms with Crippen molar-refractivity contribution in [2.45, 2.75) is 64.1 Å². The Balaban J connectivity index is 0.000000175. The molecule has 18 heteroatoms. The Labute approximate surface area is 524 Å². The molecule has 0 radical (unpaired) electrons. The van der Waals surface area contributed by atoms with Gasteiger partial charge in [0.05, 0.1) is 30.8 Å². The van der Waals surface area contributed by atoms with Crippen molar-refractivity contribution in [3.63, 3.8) is 0 Å². The van der Waals surface area contributed by atoms with Crippen LogP contribution in [0.15, 0.2) is 207 Å². The average molecular weight is 1240 g/mol. The number of ether oxygens (including phenoxy) is 3. The number of hydrogen-bond donors (Lipinski definition) is 0. The fourth-order valence-electron chi connectivity index (χ4n) is 11.6. The lowest BCUT2D eigenvalue weighted by Crippen LogP contribution is -2.48. The van der Waals surface area contributed by atoms with E-state index in [1.54, 1.807) is 58.6 Å². The van der Waals surface area contributed by atoms with E-state index in [1.807, 2.05) is 141 Å². The zero-order chi connectivity index (χ0) is 62.5. The number of halogens is 2. The minimum absolute atomic E-state index is 0.0558. The molecule has 3 aliphatic rings. The number of carbonyl (C=O) groups is 2. The second-order valence-electron chi connectivity index (χ2n) is 23.9. The van der Waals surface area contributed by atoms with Crippen LogP contribution >= 0.6 is 0 Å². The van der Waals surface area contributed by atoms with Crippen molar-refractivity contribution < 1.29 is 45.2 Å². The molecule has 0 atom stereocenters. The highest BCUT2D eigenvalue weighted by Crippen LogP contribution is 2.49. The van der Waals surface area contributed by atoms with E-state index in [9.17, 15) is 26.8 Å². The molecule has 1 fully saturated rings. The SMILES string of the molecule is CN1CCN(S(=O)(=O)Oc2c3c(c(OC(c4ccccc4)c4ccccc4)c4ncccc24)C(=O)N(Cc2ccc(F)cc2)C3)CC1.C[Si](C)(C)CCOc1c2c(c(OC(c3ccccc3)c3ccccc3)c3ncccc13)C(=O)N(Cc1ccc(F)cc1)C2. The van der Waals surface area contributed by atoms with Crippen LogP contribution in [0.2, 0.25) is 25.7 Å². The van der Waals surface area contributed by atoms with Gasteiger partial charge in [-0.05, 0) is 95.0 Å². The first kappa shape index (κ1) is 60.9. The highest BCUT2D eigenvalue weighted by molar-refractivity contribution is 7.84. The van der Waals surface area contributed by atoms with Crippen molar-refractivity contribution >= 4 is 52.0 Å². The van der Waals surface area contributed by atoms with Crippen molar-refractivity contribution in [1.29, 1.82) is 0 Å². The summed E-state index contributed by atoms with van der Waals surface area (Å²) >= 11 is 0. The highest BCUT2D eigenvalue weighted by atomic mass is 32.2.